The topological polar surface area (TPSA) is 9.23 Å². The lowest BCUT2D eigenvalue weighted by Gasteiger charge is -2.31. The number of ether oxygens (including phenoxy) is 1. The van der Waals surface area contributed by atoms with Crippen LogP contribution in [0.5, 0.6) is 0 Å². The van der Waals surface area contributed by atoms with Crippen LogP contribution >= 0.6 is 11.6 Å². The molecule has 86 valence electrons. The standard InChI is InChI=1S/C12H25ClO/c1-10(13)9-11(2,3)7-8-12(4,5)14-6/h10H,7-9H2,1-6H3. The van der Waals surface area contributed by atoms with E-state index < -0.39 is 0 Å². The second-order valence-electron chi connectivity index (χ2n) is 5.61. The van der Waals surface area contributed by atoms with Crippen molar-refractivity contribution in [1.29, 1.82) is 0 Å². The third-order valence-electron chi connectivity index (χ3n) is 2.79. The average Bonchev–Trinajstić information content (AvgIpc) is 1.99. The highest BCUT2D eigenvalue weighted by Gasteiger charge is 2.25. The van der Waals surface area contributed by atoms with Gasteiger partial charge in [-0.3, -0.25) is 0 Å². The van der Waals surface area contributed by atoms with E-state index in [1.165, 1.54) is 0 Å². The van der Waals surface area contributed by atoms with Crippen LogP contribution in [0.3, 0.4) is 0 Å². The van der Waals surface area contributed by atoms with Gasteiger partial charge in [0.25, 0.3) is 0 Å². The van der Waals surface area contributed by atoms with Crippen molar-refractivity contribution < 1.29 is 4.74 Å². The zero-order valence-electron chi connectivity index (χ0n) is 10.5. The summed E-state index contributed by atoms with van der Waals surface area (Å²) >= 11 is 6.01. The zero-order valence-corrected chi connectivity index (χ0v) is 11.2. The van der Waals surface area contributed by atoms with Crippen molar-refractivity contribution >= 4 is 11.6 Å². The van der Waals surface area contributed by atoms with Gasteiger partial charge in [-0.25, -0.2) is 0 Å². The average molecular weight is 221 g/mol. The molecule has 0 fully saturated rings. The molecule has 0 radical (unpaired) electrons. The second kappa shape index (κ2) is 5.37. The molecule has 0 aliphatic rings. The van der Waals surface area contributed by atoms with Gasteiger partial charge in [0.2, 0.25) is 0 Å². The van der Waals surface area contributed by atoms with E-state index in [1.807, 2.05) is 0 Å². The van der Waals surface area contributed by atoms with Crippen LogP contribution in [0.1, 0.15) is 53.9 Å². The van der Waals surface area contributed by atoms with E-state index >= 15 is 0 Å². The van der Waals surface area contributed by atoms with Crippen LogP contribution in [0.4, 0.5) is 0 Å². The van der Waals surface area contributed by atoms with Crippen molar-refractivity contribution in [3.05, 3.63) is 0 Å². The summed E-state index contributed by atoms with van der Waals surface area (Å²) in [4.78, 5) is 0. The monoisotopic (exact) mass is 220 g/mol. The molecule has 0 rings (SSSR count). The smallest absolute Gasteiger partial charge is 0.0623 e. The maximum absolute atomic E-state index is 6.01. The molecule has 0 aromatic carbocycles. The molecule has 0 aromatic heterocycles. The lowest BCUT2D eigenvalue weighted by Crippen LogP contribution is -2.26. The van der Waals surface area contributed by atoms with Gasteiger partial charge in [0, 0.05) is 12.5 Å². The van der Waals surface area contributed by atoms with Crippen molar-refractivity contribution in [2.75, 3.05) is 7.11 Å². The number of methoxy groups -OCH3 is 1. The molecule has 14 heavy (non-hydrogen) atoms. The summed E-state index contributed by atoms with van der Waals surface area (Å²) in [6, 6.07) is 0. The third-order valence-corrected chi connectivity index (χ3v) is 2.94. The molecule has 1 nitrogen and oxygen atoms in total. The molecular weight excluding hydrogens is 196 g/mol. The summed E-state index contributed by atoms with van der Waals surface area (Å²) in [5, 5.41) is 0.260. The Labute approximate surface area is 94.2 Å². The summed E-state index contributed by atoms with van der Waals surface area (Å²) < 4.78 is 5.41. The minimum Gasteiger partial charge on any atom is -0.379 e. The first-order valence-electron chi connectivity index (χ1n) is 5.38. The van der Waals surface area contributed by atoms with Gasteiger partial charge in [-0.2, -0.15) is 0 Å². The molecule has 0 saturated carbocycles. The Balaban J connectivity index is 3.98. The van der Waals surface area contributed by atoms with Crippen LogP contribution in [0.25, 0.3) is 0 Å². The molecule has 0 aliphatic heterocycles. The fourth-order valence-corrected chi connectivity index (χ4v) is 2.02. The minimum absolute atomic E-state index is 0.00712. The summed E-state index contributed by atoms with van der Waals surface area (Å²) in [6.45, 7) is 10.9. The van der Waals surface area contributed by atoms with Gasteiger partial charge in [0.1, 0.15) is 0 Å². The highest BCUT2D eigenvalue weighted by atomic mass is 35.5. The summed E-state index contributed by atoms with van der Waals surface area (Å²) in [7, 11) is 1.77. The normalized spacial score (nSPS) is 15.6. The quantitative estimate of drug-likeness (QED) is 0.609. The van der Waals surface area contributed by atoms with Crippen LogP contribution in [-0.4, -0.2) is 18.1 Å². The zero-order chi connectivity index (χ0) is 11.4. The summed E-state index contributed by atoms with van der Waals surface area (Å²) in [5.74, 6) is 0. The van der Waals surface area contributed by atoms with Crippen LogP contribution in [0.2, 0.25) is 0 Å². The van der Waals surface area contributed by atoms with Crippen LogP contribution in [0, 0.1) is 5.41 Å². The molecule has 1 atom stereocenters. The van der Waals surface area contributed by atoms with Crippen molar-refractivity contribution in [3.8, 4) is 0 Å². The first kappa shape index (κ1) is 14.2. The van der Waals surface area contributed by atoms with E-state index in [0.29, 0.717) is 5.41 Å². The minimum atomic E-state index is -0.00712. The van der Waals surface area contributed by atoms with E-state index in [1.54, 1.807) is 7.11 Å². The number of hydrogen-bond acceptors (Lipinski definition) is 1. The molecule has 0 amide bonds. The maximum Gasteiger partial charge on any atom is 0.0623 e. The Morgan fingerprint density at radius 3 is 2.00 bits per heavy atom. The number of rotatable bonds is 6. The number of hydrogen-bond donors (Lipinski definition) is 0. The molecule has 0 spiro atoms. The first-order chi connectivity index (χ1) is 6.18. The van der Waals surface area contributed by atoms with Gasteiger partial charge in [-0.15, -0.1) is 11.6 Å². The van der Waals surface area contributed by atoms with Crippen molar-refractivity contribution in [2.24, 2.45) is 5.41 Å². The molecule has 2 heteroatoms. The van der Waals surface area contributed by atoms with Gasteiger partial charge in [-0.1, -0.05) is 13.8 Å². The summed E-state index contributed by atoms with van der Waals surface area (Å²) in [5.41, 5.74) is 0.309. The van der Waals surface area contributed by atoms with Gasteiger partial charge in [-0.05, 0) is 45.4 Å². The van der Waals surface area contributed by atoms with E-state index in [9.17, 15) is 0 Å². The van der Waals surface area contributed by atoms with E-state index in [-0.39, 0.29) is 11.0 Å². The highest BCUT2D eigenvalue weighted by Crippen LogP contribution is 2.33. The predicted octanol–water partition coefficient (Wildman–Crippen LogP) is 4.24. The fraction of sp³-hybridized carbons (Fsp3) is 1.00. The Morgan fingerprint density at radius 1 is 1.14 bits per heavy atom. The molecule has 0 aliphatic carbocycles. The second-order valence-corrected chi connectivity index (χ2v) is 6.36. The Kier molecular flexibility index (Phi) is 5.46. The molecule has 0 saturated heterocycles. The Hall–Kier alpha value is 0.250. The number of alkyl halides is 1. The fourth-order valence-electron chi connectivity index (χ4n) is 1.60. The van der Waals surface area contributed by atoms with Crippen LogP contribution in [-0.2, 0) is 4.74 Å². The molecule has 1 unspecified atom stereocenters. The lowest BCUT2D eigenvalue weighted by atomic mass is 9.80. The molecule has 0 heterocycles. The van der Waals surface area contributed by atoms with Gasteiger partial charge < -0.3 is 4.74 Å². The molecular formula is C12H25ClO. The van der Waals surface area contributed by atoms with E-state index in [2.05, 4.69) is 34.6 Å². The largest absolute Gasteiger partial charge is 0.379 e. The van der Waals surface area contributed by atoms with Crippen LogP contribution in [0.15, 0.2) is 0 Å². The van der Waals surface area contributed by atoms with Gasteiger partial charge >= 0.3 is 0 Å². The lowest BCUT2D eigenvalue weighted by molar-refractivity contribution is 0.00530. The number of halogens is 1. The molecule has 0 aromatic rings. The SMILES string of the molecule is COC(C)(C)CCC(C)(C)CC(C)Cl. The van der Waals surface area contributed by atoms with E-state index in [4.69, 9.17) is 16.3 Å². The van der Waals surface area contributed by atoms with Crippen molar-refractivity contribution in [2.45, 2.75) is 64.9 Å². The predicted molar refractivity (Wildman–Crippen MR) is 64.0 cm³/mol. The van der Waals surface area contributed by atoms with Gasteiger partial charge in [0.05, 0.1) is 5.60 Å². The highest BCUT2D eigenvalue weighted by molar-refractivity contribution is 6.20. The van der Waals surface area contributed by atoms with E-state index in [0.717, 1.165) is 19.3 Å². The first-order valence-corrected chi connectivity index (χ1v) is 5.81. The van der Waals surface area contributed by atoms with Crippen molar-refractivity contribution in [1.82, 2.24) is 0 Å². The van der Waals surface area contributed by atoms with Gasteiger partial charge in [0.15, 0.2) is 0 Å². The Bertz CT molecular complexity index is 162. The maximum atomic E-state index is 6.01. The van der Waals surface area contributed by atoms with Crippen LogP contribution < -0.4 is 0 Å². The third kappa shape index (κ3) is 6.67. The molecule has 0 bridgehead atoms. The van der Waals surface area contributed by atoms with Crippen molar-refractivity contribution in [3.63, 3.8) is 0 Å². The summed E-state index contributed by atoms with van der Waals surface area (Å²) in [6.07, 6.45) is 3.30. The Morgan fingerprint density at radius 2 is 1.64 bits per heavy atom. The molecule has 0 N–H and O–H groups in total.